The zero-order chi connectivity index (χ0) is 20.6. The van der Waals surface area contributed by atoms with Gasteiger partial charge in [-0.2, -0.15) is 0 Å². The van der Waals surface area contributed by atoms with Gasteiger partial charge in [0.15, 0.2) is 0 Å². The van der Waals surface area contributed by atoms with Gasteiger partial charge in [-0.25, -0.2) is 22.4 Å². The van der Waals surface area contributed by atoms with Crippen molar-refractivity contribution < 1.29 is 8.42 Å². The van der Waals surface area contributed by atoms with Crippen LogP contribution in [-0.2, 0) is 34.9 Å². The normalized spacial score (nSPS) is 15.3. The van der Waals surface area contributed by atoms with E-state index in [-0.39, 0.29) is 5.41 Å². The summed E-state index contributed by atoms with van der Waals surface area (Å²) in [7, 11) is -3.59. The van der Waals surface area contributed by atoms with Crippen molar-refractivity contribution in [3.05, 3.63) is 77.6 Å². The van der Waals surface area contributed by atoms with Crippen LogP contribution in [0.25, 0.3) is 0 Å². The third-order valence-electron chi connectivity index (χ3n) is 5.16. The van der Waals surface area contributed by atoms with E-state index in [1.165, 1.54) is 3.97 Å². The van der Waals surface area contributed by atoms with Gasteiger partial charge in [0, 0.05) is 60.8 Å². The van der Waals surface area contributed by atoms with Crippen molar-refractivity contribution >= 4 is 10.0 Å². The van der Waals surface area contributed by atoms with E-state index < -0.39 is 10.0 Å². The Morgan fingerprint density at radius 3 is 2.55 bits per heavy atom. The van der Waals surface area contributed by atoms with Crippen LogP contribution in [0.15, 0.2) is 59.8 Å². The monoisotopic (exact) mass is 410 g/mol. The molecule has 4 rings (SSSR count). The van der Waals surface area contributed by atoms with Gasteiger partial charge >= 0.3 is 0 Å². The van der Waals surface area contributed by atoms with Crippen LogP contribution < -0.4 is 0 Å². The van der Waals surface area contributed by atoms with E-state index in [4.69, 9.17) is 4.98 Å². The minimum Gasteiger partial charge on any atom is -0.293 e. The topological polar surface area (TPSA) is 68.1 Å². The zero-order valence-corrected chi connectivity index (χ0v) is 17.9. The molecule has 0 atom stereocenters. The van der Waals surface area contributed by atoms with Crippen molar-refractivity contribution in [1.29, 1.82) is 0 Å². The molecule has 1 aromatic carbocycles. The highest BCUT2D eigenvalue weighted by molar-refractivity contribution is 7.90. The highest BCUT2D eigenvalue weighted by atomic mass is 32.2. The first-order chi connectivity index (χ1) is 13.7. The number of hydrogen-bond donors (Lipinski definition) is 0. The summed E-state index contributed by atoms with van der Waals surface area (Å²) in [6, 6.07) is 12.2. The fourth-order valence-corrected chi connectivity index (χ4v) is 4.95. The molecule has 6 nitrogen and oxygen atoms in total. The van der Waals surface area contributed by atoms with Crippen LogP contribution in [0.1, 0.15) is 43.5 Å². The smallest absolute Gasteiger partial charge is 0.267 e. The summed E-state index contributed by atoms with van der Waals surface area (Å²) >= 11 is 0. The molecule has 29 heavy (non-hydrogen) atoms. The average molecular weight is 411 g/mol. The van der Waals surface area contributed by atoms with E-state index in [9.17, 15) is 8.42 Å². The maximum absolute atomic E-state index is 13.0. The summed E-state index contributed by atoms with van der Waals surface area (Å²) in [6.07, 6.45) is 4.39. The van der Waals surface area contributed by atoms with Gasteiger partial charge in [-0.05, 0) is 24.3 Å². The summed E-state index contributed by atoms with van der Waals surface area (Å²) in [5, 5.41) is 0. The highest BCUT2D eigenvalue weighted by Crippen LogP contribution is 2.24. The maximum Gasteiger partial charge on any atom is 0.267 e. The predicted molar refractivity (Wildman–Crippen MR) is 112 cm³/mol. The van der Waals surface area contributed by atoms with Gasteiger partial charge in [-0.3, -0.25) is 4.90 Å². The van der Waals surface area contributed by atoms with Crippen LogP contribution in [0.4, 0.5) is 0 Å². The molecule has 3 aromatic rings. The largest absolute Gasteiger partial charge is 0.293 e. The van der Waals surface area contributed by atoms with Gasteiger partial charge in [-0.1, -0.05) is 39.0 Å². The van der Waals surface area contributed by atoms with Gasteiger partial charge in [0.05, 0.1) is 4.90 Å². The molecule has 0 saturated carbocycles. The van der Waals surface area contributed by atoms with Crippen molar-refractivity contribution in [2.75, 3.05) is 6.54 Å². The molecule has 0 fully saturated rings. The van der Waals surface area contributed by atoms with Crippen molar-refractivity contribution in [1.82, 2.24) is 18.8 Å². The Morgan fingerprint density at radius 2 is 1.83 bits per heavy atom. The SMILES string of the molecule is CC(C)(C)c1ncc2c(n1)CCN(Cc1cccn1S(=O)(=O)c1ccccc1)C2. The lowest BCUT2D eigenvalue weighted by molar-refractivity contribution is 0.238. The zero-order valence-electron chi connectivity index (χ0n) is 17.0. The lowest BCUT2D eigenvalue weighted by Gasteiger charge is -2.29. The van der Waals surface area contributed by atoms with Crippen molar-refractivity contribution in [2.45, 2.75) is 50.6 Å². The maximum atomic E-state index is 13.0. The second kappa shape index (κ2) is 7.39. The third kappa shape index (κ3) is 3.97. The Bertz CT molecular complexity index is 1120. The first-order valence-electron chi connectivity index (χ1n) is 9.79. The Balaban J connectivity index is 1.55. The van der Waals surface area contributed by atoms with Crippen molar-refractivity contribution in [3.8, 4) is 0 Å². The van der Waals surface area contributed by atoms with Crippen LogP contribution in [0.2, 0.25) is 0 Å². The van der Waals surface area contributed by atoms with E-state index in [1.54, 1.807) is 36.5 Å². The van der Waals surface area contributed by atoms with E-state index in [0.717, 1.165) is 42.3 Å². The first-order valence-corrected chi connectivity index (χ1v) is 11.2. The van der Waals surface area contributed by atoms with Crippen LogP contribution >= 0.6 is 0 Å². The van der Waals surface area contributed by atoms with Crippen LogP contribution in [0.3, 0.4) is 0 Å². The Kier molecular flexibility index (Phi) is 5.04. The average Bonchev–Trinajstić information content (AvgIpc) is 3.16. The first kappa shape index (κ1) is 19.8. The van der Waals surface area contributed by atoms with Gasteiger partial charge in [0.1, 0.15) is 5.82 Å². The molecule has 0 radical (unpaired) electrons. The summed E-state index contributed by atoms with van der Waals surface area (Å²) in [5.74, 6) is 0.868. The summed E-state index contributed by atoms with van der Waals surface area (Å²) in [4.78, 5) is 11.9. The fraction of sp³-hybridized carbons (Fsp3) is 0.364. The molecule has 0 bridgehead atoms. The second-order valence-corrected chi connectivity index (χ2v) is 10.3. The molecule has 1 aliphatic rings. The number of rotatable bonds is 4. The van der Waals surface area contributed by atoms with Gasteiger partial charge in [0.25, 0.3) is 10.0 Å². The molecule has 2 aromatic heterocycles. The third-order valence-corrected chi connectivity index (χ3v) is 6.90. The lowest BCUT2D eigenvalue weighted by Crippen LogP contribution is -2.33. The Labute approximate surface area is 172 Å². The second-order valence-electron chi connectivity index (χ2n) is 8.49. The quantitative estimate of drug-likeness (QED) is 0.660. The predicted octanol–water partition coefficient (Wildman–Crippen LogP) is 3.37. The van der Waals surface area contributed by atoms with E-state index in [1.807, 2.05) is 18.3 Å². The van der Waals surface area contributed by atoms with Crippen LogP contribution in [-0.4, -0.2) is 33.8 Å². The molecule has 7 heteroatoms. The number of nitrogens with zero attached hydrogens (tertiary/aromatic N) is 4. The minimum atomic E-state index is -3.59. The van der Waals surface area contributed by atoms with Gasteiger partial charge in [-0.15, -0.1) is 0 Å². The van der Waals surface area contributed by atoms with E-state index in [0.29, 0.717) is 11.4 Å². The number of fused-ring (bicyclic) bond motifs is 1. The summed E-state index contributed by atoms with van der Waals surface area (Å²) in [6.45, 7) is 8.46. The molecular formula is C22H26N4O2S. The number of aromatic nitrogens is 3. The molecule has 0 saturated heterocycles. The molecular weight excluding hydrogens is 384 g/mol. The summed E-state index contributed by atoms with van der Waals surface area (Å²) in [5.41, 5.74) is 2.91. The van der Waals surface area contributed by atoms with Crippen LogP contribution in [0, 0.1) is 0 Å². The molecule has 0 unspecified atom stereocenters. The fourth-order valence-electron chi connectivity index (χ4n) is 3.56. The standard InChI is InChI=1S/C22H26N4O2S/c1-22(2,3)21-23-14-17-15-25(13-11-20(17)24-21)16-18-8-7-12-26(18)29(27,28)19-9-5-4-6-10-19/h4-10,12,14H,11,13,15-16H2,1-3H3. The number of hydrogen-bond acceptors (Lipinski definition) is 5. The molecule has 1 aliphatic heterocycles. The number of benzene rings is 1. The van der Waals surface area contributed by atoms with Crippen LogP contribution in [0.5, 0.6) is 0 Å². The highest BCUT2D eigenvalue weighted by Gasteiger charge is 2.25. The van der Waals surface area contributed by atoms with Crippen molar-refractivity contribution in [3.63, 3.8) is 0 Å². The Hall–Kier alpha value is -2.51. The molecule has 0 amide bonds. The molecule has 0 N–H and O–H groups in total. The van der Waals surface area contributed by atoms with Gasteiger partial charge in [0.2, 0.25) is 0 Å². The minimum absolute atomic E-state index is 0.0706. The molecule has 0 spiro atoms. The Morgan fingerprint density at radius 1 is 1.07 bits per heavy atom. The molecule has 0 aliphatic carbocycles. The summed E-state index contributed by atoms with van der Waals surface area (Å²) < 4.78 is 27.4. The van der Waals surface area contributed by atoms with E-state index in [2.05, 4.69) is 30.7 Å². The van der Waals surface area contributed by atoms with Crippen molar-refractivity contribution in [2.24, 2.45) is 0 Å². The van der Waals surface area contributed by atoms with E-state index >= 15 is 0 Å². The molecule has 3 heterocycles. The molecule has 152 valence electrons. The lowest BCUT2D eigenvalue weighted by atomic mass is 9.95. The van der Waals surface area contributed by atoms with Gasteiger partial charge < -0.3 is 0 Å².